The first kappa shape index (κ1) is 17.4. The second kappa shape index (κ2) is 7.11. The SMILES string of the molecule is CC(C)N(CC(=O)O)C(=O)CCNC(=O)C(C)(C)C. The lowest BCUT2D eigenvalue weighted by molar-refractivity contribution is -0.145. The summed E-state index contributed by atoms with van der Waals surface area (Å²) in [5, 5.41) is 11.4. The van der Waals surface area contributed by atoms with E-state index < -0.39 is 11.4 Å². The molecule has 0 fully saturated rings. The van der Waals surface area contributed by atoms with Crippen molar-refractivity contribution in [3.63, 3.8) is 0 Å². The summed E-state index contributed by atoms with van der Waals surface area (Å²) in [6.07, 6.45) is 0.104. The zero-order valence-corrected chi connectivity index (χ0v) is 12.3. The van der Waals surface area contributed by atoms with Crippen LogP contribution in [0, 0.1) is 5.41 Å². The molecule has 0 aromatic rings. The van der Waals surface area contributed by atoms with Gasteiger partial charge in [-0.15, -0.1) is 0 Å². The fraction of sp³-hybridized carbons (Fsp3) is 0.769. The Balaban J connectivity index is 4.28. The Kier molecular flexibility index (Phi) is 6.52. The fourth-order valence-corrected chi connectivity index (χ4v) is 1.40. The summed E-state index contributed by atoms with van der Waals surface area (Å²) < 4.78 is 0. The van der Waals surface area contributed by atoms with Crippen molar-refractivity contribution in [3.05, 3.63) is 0 Å². The molecule has 0 aromatic carbocycles. The Labute approximate surface area is 114 Å². The lowest BCUT2D eigenvalue weighted by atomic mass is 9.96. The van der Waals surface area contributed by atoms with Crippen LogP contribution in [0.3, 0.4) is 0 Å². The lowest BCUT2D eigenvalue weighted by Gasteiger charge is -2.25. The maximum atomic E-state index is 11.9. The van der Waals surface area contributed by atoms with Crippen molar-refractivity contribution in [1.82, 2.24) is 10.2 Å². The second-order valence-electron chi connectivity index (χ2n) is 5.77. The van der Waals surface area contributed by atoms with Crippen molar-refractivity contribution < 1.29 is 19.5 Å². The van der Waals surface area contributed by atoms with E-state index in [0.717, 1.165) is 0 Å². The van der Waals surface area contributed by atoms with Gasteiger partial charge in [0.25, 0.3) is 0 Å². The predicted molar refractivity (Wildman–Crippen MR) is 71.6 cm³/mol. The van der Waals surface area contributed by atoms with Crippen molar-refractivity contribution in [3.8, 4) is 0 Å². The van der Waals surface area contributed by atoms with Crippen LogP contribution < -0.4 is 5.32 Å². The van der Waals surface area contributed by atoms with Crippen LogP contribution in [-0.4, -0.2) is 46.9 Å². The molecule has 0 bridgehead atoms. The number of nitrogens with zero attached hydrogens (tertiary/aromatic N) is 1. The van der Waals surface area contributed by atoms with Crippen molar-refractivity contribution >= 4 is 17.8 Å². The van der Waals surface area contributed by atoms with Gasteiger partial charge in [0.05, 0.1) is 0 Å². The first-order chi connectivity index (χ1) is 8.55. The zero-order valence-electron chi connectivity index (χ0n) is 12.3. The van der Waals surface area contributed by atoms with E-state index in [0.29, 0.717) is 0 Å². The third-order valence-electron chi connectivity index (χ3n) is 2.55. The summed E-state index contributed by atoms with van der Waals surface area (Å²) in [6.45, 7) is 8.78. The van der Waals surface area contributed by atoms with Crippen molar-refractivity contribution in [2.45, 2.75) is 47.1 Å². The molecule has 6 heteroatoms. The molecule has 0 aliphatic carbocycles. The van der Waals surface area contributed by atoms with E-state index in [2.05, 4.69) is 5.32 Å². The van der Waals surface area contributed by atoms with E-state index in [1.165, 1.54) is 4.90 Å². The molecule has 6 nitrogen and oxygen atoms in total. The topological polar surface area (TPSA) is 86.7 Å². The van der Waals surface area contributed by atoms with E-state index >= 15 is 0 Å². The highest BCUT2D eigenvalue weighted by molar-refractivity contribution is 5.84. The van der Waals surface area contributed by atoms with Gasteiger partial charge >= 0.3 is 5.97 Å². The summed E-state index contributed by atoms with van der Waals surface area (Å²) in [4.78, 5) is 35.4. The summed E-state index contributed by atoms with van der Waals surface area (Å²) in [5.74, 6) is -1.44. The smallest absolute Gasteiger partial charge is 0.323 e. The van der Waals surface area contributed by atoms with Crippen LogP contribution in [0.4, 0.5) is 0 Å². The normalized spacial score (nSPS) is 11.3. The Morgan fingerprint density at radius 2 is 1.74 bits per heavy atom. The standard InChI is InChI=1S/C13H24N2O4/c1-9(2)15(8-11(17)18)10(16)6-7-14-12(19)13(3,4)5/h9H,6-8H2,1-5H3,(H,14,19)(H,17,18). The molecule has 0 heterocycles. The fourth-order valence-electron chi connectivity index (χ4n) is 1.40. The number of carboxylic acid groups (broad SMARTS) is 1. The molecule has 0 unspecified atom stereocenters. The molecule has 0 spiro atoms. The third kappa shape index (κ3) is 6.79. The Hall–Kier alpha value is -1.59. The average Bonchev–Trinajstić information content (AvgIpc) is 2.23. The number of aliphatic carboxylic acids is 1. The van der Waals surface area contributed by atoms with Crippen LogP contribution >= 0.6 is 0 Å². The van der Waals surface area contributed by atoms with Gasteiger partial charge in [-0.3, -0.25) is 14.4 Å². The number of amides is 2. The molecular weight excluding hydrogens is 248 g/mol. The Bertz CT molecular complexity index is 345. The molecule has 0 saturated heterocycles. The molecule has 19 heavy (non-hydrogen) atoms. The maximum absolute atomic E-state index is 11.9. The maximum Gasteiger partial charge on any atom is 0.323 e. The van der Waals surface area contributed by atoms with Gasteiger partial charge in [-0.25, -0.2) is 0 Å². The van der Waals surface area contributed by atoms with Gasteiger partial charge in [0.15, 0.2) is 0 Å². The van der Waals surface area contributed by atoms with E-state index in [1.807, 2.05) is 0 Å². The minimum absolute atomic E-state index is 0.104. The van der Waals surface area contributed by atoms with Gasteiger partial charge in [-0.2, -0.15) is 0 Å². The monoisotopic (exact) mass is 272 g/mol. The Morgan fingerprint density at radius 1 is 1.21 bits per heavy atom. The molecule has 0 atom stereocenters. The highest BCUT2D eigenvalue weighted by atomic mass is 16.4. The van der Waals surface area contributed by atoms with Crippen LogP contribution in [0.25, 0.3) is 0 Å². The largest absolute Gasteiger partial charge is 0.480 e. The first-order valence-corrected chi connectivity index (χ1v) is 6.35. The van der Waals surface area contributed by atoms with Crippen LogP contribution in [-0.2, 0) is 14.4 Å². The van der Waals surface area contributed by atoms with E-state index in [1.54, 1.807) is 34.6 Å². The van der Waals surface area contributed by atoms with Crippen molar-refractivity contribution in [2.24, 2.45) is 5.41 Å². The number of carboxylic acids is 1. The van der Waals surface area contributed by atoms with Gasteiger partial charge in [0, 0.05) is 24.4 Å². The lowest BCUT2D eigenvalue weighted by Crippen LogP contribution is -2.43. The van der Waals surface area contributed by atoms with Gasteiger partial charge < -0.3 is 15.3 Å². The van der Waals surface area contributed by atoms with Crippen LogP contribution in [0.5, 0.6) is 0 Å². The number of rotatable bonds is 6. The number of hydrogen-bond acceptors (Lipinski definition) is 3. The van der Waals surface area contributed by atoms with Crippen LogP contribution in [0.1, 0.15) is 41.0 Å². The van der Waals surface area contributed by atoms with Crippen molar-refractivity contribution in [2.75, 3.05) is 13.1 Å². The molecule has 0 aliphatic heterocycles. The molecule has 0 aromatic heterocycles. The number of carbonyl (C=O) groups excluding carboxylic acids is 2. The summed E-state index contributed by atoms with van der Waals surface area (Å²) in [7, 11) is 0. The van der Waals surface area contributed by atoms with Crippen LogP contribution in [0.2, 0.25) is 0 Å². The molecule has 0 saturated carbocycles. The Morgan fingerprint density at radius 3 is 2.11 bits per heavy atom. The molecule has 2 amide bonds. The number of hydrogen-bond donors (Lipinski definition) is 2. The number of carbonyl (C=O) groups is 3. The van der Waals surface area contributed by atoms with E-state index in [4.69, 9.17) is 5.11 Å². The first-order valence-electron chi connectivity index (χ1n) is 6.35. The molecule has 0 radical (unpaired) electrons. The molecule has 0 aliphatic rings. The van der Waals surface area contributed by atoms with Crippen LogP contribution in [0.15, 0.2) is 0 Å². The highest BCUT2D eigenvalue weighted by Crippen LogP contribution is 2.12. The molecule has 2 N–H and O–H groups in total. The minimum Gasteiger partial charge on any atom is -0.480 e. The second-order valence-corrected chi connectivity index (χ2v) is 5.77. The van der Waals surface area contributed by atoms with Gasteiger partial charge in [-0.1, -0.05) is 20.8 Å². The zero-order chi connectivity index (χ0) is 15.2. The minimum atomic E-state index is -1.04. The van der Waals surface area contributed by atoms with Gasteiger partial charge in [-0.05, 0) is 13.8 Å². The predicted octanol–water partition coefficient (Wildman–Crippen LogP) is 0.860. The molecular formula is C13H24N2O4. The van der Waals surface area contributed by atoms with Crippen molar-refractivity contribution in [1.29, 1.82) is 0 Å². The van der Waals surface area contributed by atoms with Gasteiger partial charge in [0.2, 0.25) is 11.8 Å². The van der Waals surface area contributed by atoms with E-state index in [-0.39, 0.29) is 37.4 Å². The summed E-state index contributed by atoms with van der Waals surface area (Å²) in [6, 6.07) is -0.179. The summed E-state index contributed by atoms with van der Waals surface area (Å²) in [5.41, 5.74) is -0.498. The average molecular weight is 272 g/mol. The molecule has 110 valence electrons. The number of nitrogens with one attached hydrogen (secondary N) is 1. The summed E-state index contributed by atoms with van der Waals surface area (Å²) >= 11 is 0. The quantitative estimate of drug-likeness (QED) is 0.751. The third-order valence-corrected chi connectivity index (χ3v) is 2.55. The van der Waals surface area contributed by atoms with E-state index in [9.17, 15) is 14.4 Å². The van der Waals surface area contributed by atoms with Gasteiger partial charge in [0.1, 0.15) is 6.54 Å². The highest BCUT2D eigenvalue weighted by Gasteiger charge is 2.22. The molecule has 0 rings (SSSR count).